The van der Waals surface area contributed by atoms with Gasteiger partial charge in [0.25, 0.3) is 11.5 Å². The summed E-state index contributed by atoms with van der Waals surface area (Å²) in [4.78, 5) is 24.6. The van der Waals surface area contributed by atoms with Gasteiger partial charge in [0.05, 0.1) is 16.6 Å². The summed E-state index contributed by atoms with van der Waals surface area (Å²) in [6.07, 6.45) is 5.41. The van der Waals surface area contributed by atoms with Gasteiger partial charge in [-0.15, -0.1) is 0 Å². The molecule has 4 aromatic rings. The number of rotatable bonds is 3. The van der Waals surface area contributed by atoms with Crippen molar-refractivity contribution in [3.05, 3.63) is 76.5 Å². The SMILES string of the molecule is O=C(NC1CCC(c2n[nH]c(=O)c3ccccc23)CC1)c1cc2ccccn2n1. The van der Waals surface area contributed by atoms with Crippen LogP contribution in [0.25, 0.3) is 16.3 Å². The highest BCUT2D eigenvalue weighted by Crippen LogP contribution is 2.34. The van der Waals surface area contributed by atoms with Gasteiger partial charge < -0.3 is 5.32 Å². The van der Waals surface area contributed by atoms with Crippen LogP contribution >= 0.6 is 0 Å². The van der Waals surface area contributed by atoms with Crippen LogP contribution < -0.4 is 10.9 Å². The topological polar surface area (TPSA) is 92.1 Å². The van der Waals surface area contributed by atoms with Crippen LogP contribution in [-0.2, 0) is 0 Å². The zero-order valence-corrected chi connectivity index (χ0v) is 15.8. The first-order chi connectivity index (χ1) is 14.2. The predicted molar refractivity (Wildman–Crippen MR) is 110 cm³/mol. The van der Waals surface area contributed by atoms with Crippen molar-refractivity contribution in [3.8, 4) is 0 Å². The van der Waals surface area contributed by atoms with Gasteiger partial charge in [0.15, 0.2) is 5.69 Å². The van der Waals surface area contributed by atoms with Crippen LogP contribution in [-0.4, -0.2) is 31.8 Å². The molecule has 2 N–H and O–H groups in total. The average Bonchev–Trinajstić information content (AvgIpc) is 3.20. The van der Waals surface area contributed by atoms with Crippen LogP contribution in [0.15, 0.2) is 59.5 Å². The average molecular weight is 387 g/mol. The van der Waals surface area contributed by atoms with Gasteiger partial charge in [0, 0.05) is 23.5 Å². The monoisotopic (exact) mass is 387 g/mol. The van der Waals surface area contributed by atoms with Crippen LogP contribution in [0.1, 0.15) is 47.8 Å². The number of benzene rings is 1. The Balaban J connectivity index is 1.28. The van der Waals surface area contributed by atoms with E-state index < -0.39 is 0 Å². The summed E-state index contributed by atoms with van der Waals surface area (Å²) in [7, 11) is 0. The standard InChI is InChI=1S/C22H21N5O2/c28-21-18-7-2-1-6-17(18)20(24-25-21)14-8-10-15(11-9-14)23-22(29)19-13-16-5-3-4-12-27(16)26-19/h1-7,12-15H,8-11H2,(H,23,29)(H,25,28). The van der Waals surface area contributed by atoms with E-state index in [0.717, 1.165) is 42.3 Å². The summed E-state index contributed by atoms with van der Waals surface area (Å²) >= 11 is 0. The van der Waals surface area contributed by atoms with Crippen molar-refractivity contribution < 1.29 is 4.79 Å². The number of aromatic amines is 1. The Morgan fingerprint density at radius 2 is 1.79 bits per heavy atom. The van der Waals surface area contributed by atoms with E-state index >= 15 is 0 Å². The number of fused-ring (bicyclic) bond motifs is 2. The molecule has 29 heavy (non-hydrogen) atoms. The second kappa shape index (κ2) is 7.16. The summed E-state index contributed by atoms with van der Waals surface area (Å²) < 4.78 is 1.71. The Hall–Kier alpha value is -3.48. The second-order valence-electron chi connectivity index (χ2n) is 7.61. The van der Waals surface area contributed by atoms with E-state index in [-0.39, 0.29) is 23.4 Å². The van der Waals surface area contributed by atoms with Crippen LogP contribution in [0.2, 0.25) is 0 Å². The summed E-state index contributed by atoms with van der Waals surface area (Å²) in [6, 6.07) is 15.3. The molecular weight excluding hydrogens is 366 g/mol. The van der Waals surface area contributed by atoms with E-state index in [2.05, 4.69) is 20.6 Å². The summed E-state index contributed by atoms with van der Waals surface area (Å²) in [6.45, 7) is 0. The molecule has 5 rings (SSSR count). The third-order valence-corrected chi connectivity index (χ3v) is 5.78. The highest BCUT2D eigenvalue weighted by atomic mass is 16.2. The highest BCUT2D eigenvalue weighted by molar-refractivity contribution is 5.93. The Labute approximate surface area is 166 Å². The summed E-state index contributed by atoms with van der Waals surface area (Å²) in [5, 5.41) is 16.1. The first kappa shape index (κ1) is 17.6. The molecular formula is C22H21N5O2. The first-order valence-electron chi connectivity index (χ1n) is 9.91. The lowest BCUT2D eigenvalue weighted by Gasteiger charge is -2.29. The molecule has 7 heteroatoms. The molecule has 0 radical (unpaired) electrons. The molecule has 7 nitrogen and oxygen atoms in total. The minimum Gasteiger partial charge on any atom is -0.348 e. The number of H-pyrrole nitrogens is 1. The van der Waals surface area contributed by atoms with Crippen molar-refractivity contribution in [2.24, 2.45) is 0 Å². The van der Waals surface area contributed by atoms with Crippen molar-refractivity contribution in [3.63, 3.8) is 0 Å². The largest absolute Gasteiger partial charge is 0.348 e. The number of amides is 1. The Morgan fingerprint density at radius 1 is 1.03 bits per heavy atom. The number of carbonyl (C=O) groups is 1. The van der Waals surface area contributed by atoms with Crippen LogP contribution in [0.4, 0.5) is 0 Å². The molecule has 3 heterocycles. The van der Waals surface area contributed by atoms with E-state index in [1.807, 2.05) is 48.7 Å². The minimum atomic E-state index is -0.155. The molecule has 1 saturated carbocycles. The third kappa shape index (κ3) is 3.29. The second-order valence-corrected chi connectivity index (χ2v) is 7.61. The van der Waals surface area contributed by atoms with E-state index in [1.54, 1.807) is 10.6 Å². The van der Waals surface area contributed by atoms with Gasteiger partial charge in [-0.05, 0) is 49.9 Å². The van der Waals surface area contributed by atoms with Gasteiger partial charge in [-0.25, -0.2) is 9.61 Å². The molecule has 0 atom stereocenters. The number of aromatic nitrogens is 4. The lowest BCUT2D eigenvalue weighted by molar-refractivity contribution is 0.0920. The zero-order chi connectivity index (χ0) is 19.8. The van der Waals surface area contributed by atoms with Crippen LogP contribution in [0.5, 0.6) is 0 Å². The maximum absolute atomic E-state index is 12.6. The lowest BCUT2D eigenvalue weighted by Crippen LogP contribution is -2.37. The van der Waals surface area contributed by atoms with Gasteiger partial charge in [-0.1, -0.05) is 24.3 Å². The molecule has 0 bridgehead atoms. The number of carbonyl (C=O) groups excluding carboxylic acids is 1. The fourth-order valence-corrected chi connectivity index (χ4v) is 4.27. The maximum atomic E-state index is 12.6. The maximum Gasteiger partial charge on any atom is 0.272 e. The molecule has 0 aliphatic heterocycles. The smallest absolute Gasteiger partial charge is 0.272 e. The van der Waals surface area contributed by atoms with E-state index in [4.69, 9.17) is 0 Å². The molecule has 0 saturated heterocycles. The first-order valence-corrected chi connectivity index (χ1v) is 9.91. The Morgan fingerprint density at radius 3 is 2.59 bits per heavy atom. The fourth-order valence-electron chi connectivity index (χ4n) is 4.27. The number of hydrogen-bond acceptors (Lipinski definition) is 4. The van der Waals surface area contributed by atoms with Gasteiger partial charge in [0.1, 0.15) is 0 Å². The fraction of sp³-hybridized carbons (Fsp3) is 0.273. The van der Waals surface area contributed by atoms with Crippen LogP contribution in [0.3, 0.4) is 0 Å². The van der Waals surface area contributed by atoms with Crippen molar-refractivity contribution in [1.29, 1.82) is 0 Å². The number of nitrogens with one attached hydrogen (secondary N) is 2. The van der Waals surface area contributed by atoms with E-state index in [1.165, 1.54) is 0 Å². The molecule has 1 amide bonds. The predicted octanol–water partition coefficient (Wildman–Crippen LogP) is 3.03. The molecule has 146 valence electrons. The van der Waals surface area contributed by atoms with Crippen molar-refractivity contribution in [2.45, 2.75) is 37.6 Å². The van der Waals surface area contributed by atoms with Gasteiger partial charge >= 0.3 is 0 Å². The molecule has 0 spiro atoms. The molecule has 1 aliphatic carbocycles. The minimum absolute atomic E-state index is 0.123. The van der Waals surface area contributed by atoms with E-state index in [0.29, 0.717) is 11.1 Å². The van der Waals surface area contributed by atoms with Crippen molar-refractivity contribution >= 4 is 22.2 Å². The molecule has 1 aliphatic rings. The van der Waals surface area contributed by atoms with Gasteiger partial charge in [0.2, 0.25) is 0 Å². The Bertz CT molecular complexity index is 1220. The molecule has 1 aromatic carbocycles. The zero-order valence-electron chi connectivity index (χ0n) is 15.8. The normalized spacial score (nSPS) is 19.4. The van der Waals surface area contributed by atoms with E-state index in [9.17, 15) is 9.59 Å². The molecule has 1 fully saturated rings. The van der Waals surface area contributed by atoms with Gasteiger partial charge in [-0.2, -0.15) is 10.2 Å². The third-order valence-electron chi connectivity index (χ3n) is 5.78. The number of pyridine rings is 1. The molecule has 0 unspecified atom stereocenters. The summed E-state index contributed by atoms with van der Waals surface area (Å²) in [5.41, 5.74) is 2.13. The number of hydrogen-bond donors (Lipinski definition) is 2. The van der Waals surface area contributed by atoms with Crippen molar-refractivity contribution in [1.82, 2.24) is 25.1 Å². The highest BCUT2D eigenvalue weighted by Gasteiger charge is 2.26. The van der Waals surface area contributed by atoms with Crippen molar-refractivity contribution in [2.75, 3.05) is 0 Å². The van der Waals surface area contributed by atoms with Crippen LogP contribution in [0, 0.1) is 0 Å². The quantitative estimate of drug-likeness (QED) is 0.565. The Kier molecular flexibility index (Phi) is 4.35. The van der Waals surface area contributed by atoms with Gasteiger partial charge in [-0.3, -0.25) is 9.59 Å². The lowest BCUT2D eigenvalue weighted by atomic mass is 9.82. The summed E-state index contributed by atoms with van der Waals surface area (Å²) in [5.74, 6) is 0.143. The molecule has 3 aromatic heterocycles. The number of nitrogens with zero attached hydrogens (tertiary/aromatic N) is 3.